The zero-order valence-electron chi connectivity index (χ0n) is 17.3. The summed E-state index contributed by atoms with van der Waals surface area (Å²) in [6, 6.07) is 8.43. The van der Waals surface area contributed by atoms with Gasteiger partial charge in [-0.2, -0.15) is 0 Å². The smallest absolute Gasteiger partial charge is 0.237 e. The van der Waals surface area contributed by atoms with Crippen LogP contribution < -0.4 is 4.74 Å². The summed E-state index contributed by atoms with van der Waals surface area (Å²) < 4.78 is 29.4. The monoisotopic (exact) mass is 420 g/mol. The molecule has 2 atom stereocenters. The largest absolute Gasteiger partial charge is 0.497 e. The first-order valence-corrected chi connectivity index (χ1v) is 12.7. The zero-order valence-corrected chi connectivity index (χ0v) is 18.1. The number of sulfone groups is 1. The van der Waals surface area contributed by atoms with E-state index in [1.165, 1.54) is 5.56 Å². The molecule has 2 unspecified atom stereocenters. The van der Waals surface area contributed by atoms with Crippen LogP contribution in [0.2, 0.25) is 0 Å². The first kappa shape index (κ1) is 20.7. The molecule has 0 radical (unpaired) electrons. The van der Waals surface area contributed by atoms with Gasteiger partial charge in [-0.05, 0) is 56.3 Å². The van der Waals surface area contributed by atoms with Crippen LogP contribution in [0.5, 0.6) is 5.75 Å². The van der Waals surface area contributed by atoms with Gasteiger partial charge in [0.05, 0.1) is 25.2 Å². The number of benzene rings is 1. The lowest BCUT2D eigenvalue weighted by Crippen LogP contribution is -2.50. The van der Waals surface area contributed by atoms with Crippen molar-refractivity contribution in [2.75, 3.05) is 31.7 Å². The summed E-state index contributed by atoms with van der Waals surface area (Å²) in [5.41, 5.74) is 1.21. The van der Waals surface area contributed by atoms with Crippen LogP contribution in [-0.2, 0) is 14.6 Å². The minimum Gasteiger partial charge on any atom is -0.497 e. The van der Waals surface area contributed by atoms with E-state index in [4.69, 9.17) is 4.74 Å². The molecule has 0 spiro atoms. The Balaban J connectivity index is 1.48. The number of ether oxygens (including phenoxy) is 1. The Hall–Kier alpha value is -1.60. The van der Waals surface area contributed by atoms with E-state index in [2.05, 4.69) is 17.0 Å². The van der Waals surface area contributed by atoms with Gasteiger partial charge < -0.3 is 9.64 Å². The number of amides is 1. The molecule has 4 rings (SSSR count). The third kappa shape index (κ3) is 4.61. The fraction of sp³-hybridized carbons (Fsp3) is 0.682. The molecule has 2 heterocycles. The molecule has 1 saturated carbocycles. The second-order valence-corrected chi connectivity index (χ2v) is 10.9. The fourth-order valence-corrected chi connectivity index (χ4v) is 7.07. The number of likely N-dealkylation sites (tertiary alicyclic amines) is 1. The van der Waals surface area contributed by atoms with Crippen LogP contribution in [0.4, 0.5) is 0 Å². The molecule has 3 aliphatic rings. The molecular formula is C22H32N2O4S. The third-order valence-electron chi connectivity index (χ3n) is 6.81. The first-order chi connectivity index (χ1) is 14.0. The van der Waals surface area contributed by atoms with Crippen LogP contribution in [0.1, 0.15) is 56.6 Å². The maximum Gasteiger partial charge on any atom is 0.237 e. The van der Waals surface area contributed by atoms with Gasteiger partial charge in [0, 0.05) is 18.1 Å². The molecular weight excluding hydrogens is 388 g/mol. The SMILES string of the molecule is COc1ccc(C2CCCN2CC(=O)N(C2CCCC2)C2CCS(=O)(=O)C2)cc1. The number of methoxy groups -OCH3 is 1. The average molecular weight is 421 g/mol. The summed E-state index contributed by atoms with van der Waals surface area (Å²) in [6.07, 6.45) is 6.98. The topological polar surface area (TPSA) is 66.9 Å². The Morgan fingerprint density at radius 3 is 2.41 bits per heavy atom. The van der Waals surface area contributed by atoms with E-state index in [1.807, 2.05) is 17.0 Å². The molecule has 3 fully saturated rings. The summed E-state index contributed by atoms with van der Waals surface area (Å²) in [5.74, 6) is 1.30. The van der Waals surface area contributed by atoms with Gasteiger partial charge in [-0.15, -0.1) is 0 Å². The van der Waals surface area contributed by atoms with E-state index >= 15 is 0 Å². The molecule has 160 valence electrons. The number of hydrogen-bond donors (Lipinski definition) is 0. The van der Waals surface area contributed by atoms with Gasteiger partial charge in [0.15, 0.2) is 9.84 Å². The predicted molar refractivity (Wildman–Crippen MR) is 113 cm³/mol. The zero-order chi connectivity index (χ0) is 20.4. The van der Waals surface area contributed by atoms with E-state index in [-0.39, 0.29) is 35.5 Å². The quantitative estimate of drug-likeness (QED) is 0.708. The van der Waals surface area contributed by atoms with Gasteiger partial charge in [0.25, 0.3) is 0 Å². The van der Waals surface area contributed by atoms with E-state index in [0.717, 1.165) is 50.8 Å². The standard InChI is InChI=1S/C22H32N2O4S/c1-28-20-10-8-17(9-11-20)21-7-4-13-23(21)15-22(25)24(18-5-2-3-6-18)19-12-14-29(26,27)16-19/h8-11,18-19,21H,2-7,12-16H2,1H3. The predicted octanol–water partition coefficient (Wildman–Crippen LogP) is 2.79. The van der Waals surface area contributed by atoms with E-state index in [1.54, 1.807) is 7.11 Å². The Bertz CT molecular complexity index is 818. The van der Waals surface area contributed by atoms with Crippen LogP contribution in [0.15, 0.2) is 24.3 Å². The molecule has 1 amide bonds. The van der Waals surface area contributed by atoms with Crippen molar-refractivity contribution in [3.05, 3.63) is 29.8 Å². The van der Waals surface area contributed by atoms with Gasteiger partial charge in [-0.3, -0.25) is 9.69 Å². The van der Waals surface area contributed by atoms with Crippen molar-refractivity contribution >= 4 is 15.7 Å². The Labute approximate surface area is 174 Å². The Morgan fingerprint density at radius 1 is 1.07 bits per heavy atom. The second-order valence-electron chi connectivity index (χ2n) is 8.70. The summed E-state index contributed by atoms with van der Waals surface area (Å²) in [7, 11) is -1.35. The highest BCUT2D eigenvalue weighted by molar-refractivity contribution is 7.91. The highest BCUT2D eigenvalue weighted by Crippen LogP contribution is 2.34. The molecule has 2 saturated heterocycles. The number of nitrogens with zero attached hydrogens (tertiary/aromatic N) is 2. The summed E-state index contributed by atoms with van der Waals surface area (Å²) >= 11 is 0. The molecule has 1 aliphatic carbocycles. The molecule has 0 aromatic heterocycles. The Kier molecular flexibility index (Phi) is 6.16. The van der Waals surface area contributed by atoms with Crippen LogP contribution in [-0.4, -0.2) is 67.9 Å². The highest BCUT2D eigenvalue weighted by Gasteiger charge is 2.40. The van der Waals surface area contributed by atoms with Crippen molar-refractivity contribution in [1.82, 2.24) is 9.80 Å². The van der Waals surface area contributed by atoms with Crippen LogP contribution in [0.25, 0.3) is 0 Å². The van der Waals surface area contributed by atoms with Crippen molar-refractivity contribution in [3.8, 4) is 5.75 Å². The first-order valence-electron chi connectivity index (χ1n) is 10.9. The molecule has 1 aromatic carbocycles. The van der Waals surface area contributed by atoms with Crippen LogP contribution >= 0.6 is 0 Å². The minimum atomic E-state index is -3.01. The van der Waals surface area contributed by atoms with E-state index in [9.17, 15) is 13.2 Å². The molecule has 2 aliphatic heterocycles. The highest BCUT2D eigenvalue weighted by atomic mass is 32.2. The van der Waals surface area contributed by atoms with Crippen LogP contribution in [0.3, 0.4) is 0 Å². The normalized spacial score (nSPS) is 27.3. The lowest BCUT2D eigenvalue weighted by atomic mass is 10.0. The lowest BCUT2D eigenvalue weighted by Gasteiger charge is -2.36. The minimum absolute atomic E-state index is 0.111. The van der Waals surface area contributed by atoms with E-state index in [0.29, 0.717) is 13.0 Å². The van der Waals surface area contributed by atoms with Gasteiger partial charge >= 0.3 is 0 Å². The number of rotatable bonds is 6. The van der Waals surface area contributed by atoms with Crippen molar-refractivity contribution in [1.29, 1.82) is 0 Å². The second kappa shape index (κ2) is 8.64. The summed E-state index contributed by atoms with van der Waals surface area (Å²) in [4.78, 5) is 17.7. The molecule has 0 bridgehead atoms. The maximum absolute atomic E-state index is 13.4. The average Bonchev–Trinajstić information content (AvgIpc) is 3.44. The van der Waals surface area contributed by atoms with Gasteiger partial charge in [-0.1, -0.05) is 25.0 Å². The number of carbonyl (C=O) groups is 1. The van der Waals surface area contributed by atoms with Crippen molar-refractivity contribution < 1.29 is 17.9 Å². The van der Waals surface area contributed by atoms with Crippen molar-refractivity contribution in [2.24, 2.45) is 0 Å². The van der Waals surface area contributed by atoms with Crippen molar-refractivity contribution in [3.63, 3.8) is 0 Å². The van der Waals surface area contributed by atoms with Gasteiger partial charge in [0.1, 0.15) is 5.75 Å². The van der Waals surface area contributed by atoms with E-state index < -0.39 is 9.84 Å². The maximum atomic E-state index is 13.4. The molecule has 6 nitrogen and oxygen atoms in total. The number of carbonyl (C=O) groups excluding carboxylic acids is 1. The van der Waals surface area contributed by atoms with Crippen LogP contribution in [0, 0.1) is 0 Å². The van der Waals surface area contributed by atoms with Crippen molar-refractivity contribution in [2.45, 2.75) is 63.1 Å². The molecule has 0 N–H and O–H groups in total. The van der Waals surface area contributed by atoms with Gasteiger partial charge in [-0.25, -0.2) is 8.42 Å². The summed E-state index contributed by atoms with van der Waals surface area (Å²) in [5, 5.41) is 0. The molecule has 1 aromatic rings. The molecule has 7 heteroatoms. The number of hydrogen-bond acceptors (Lipinski definition) is 5. The fourth-order valence-electron chi connectivity index (χ4n) is 5.36. The lowest BCUT2D eigenvalue weighted by molar-refractivity contribution is -0.137. The Morgan fingerprint density at radius 2 is 1.79 bits per heavy atom. The van der Waals surface area contributed by atoms with Gasteiger partial charge in [0.2, 0.25) is 5.91 Å². The molecule has 29 heavy (non-hydrogen) atoms. The third-order valence-corrected chi connectivity index (χ3v) is 8.56. The summed E-state index contributed by atoms with van der Waals surface area (Å²) in [6.45, 7) is 1.29.